The Morgan fingerprint density at radius 2 is 1.94 bits per heavy atom. The fourth-order valence-electron chi connectivity index (χ4n) is 3.52. The molecule has 2 atom stereocenters. The van der Waals surface area contributed by atoms with Gasteiger partial charge in [0.15, 0.2) is 0 Å². The summed E-state index contributed by atoms with van der Waals surface area (Å²) in [7, 11) is 2.17. The van der Waals surface area contributed by atoms with Crippen LogP contribution in [-0.2, 0) is 0 Å². The molecule has 3 heteroatoms. The summed E-state index contributed by atoms with van der Waals surface area (Å²) in [6.07, 6.45) is 8.39. The molecular formula is C15H30N2S. The Bertz CT molecular complexity index is 251. The molecule has 1 N–H and O–H groups in total. The summed E-state index contributed by atoms with van der Waals surface area (Å²) in [6.45, 7) is 7.36. The predicted molar refractivity (Wildman–Crippen MR) is 82.4 cm³/mol. The molecule has 2 aliphatic rings. The Hall–Kier alpha value is 0.270. The Morgan fingerprint density at radius 1 is 1.22 bits per heavy atom. The average Bonchev–Trinajstić information content (AvgIpc) is 2.41. The highest BCUT2D eigenvalue weighted by atomic mass is 32.2. The van der Waals surface area contributed by atoms with E-state index < -0.39 is 0 Å². The molecule has 18 heavy (non-hydrogen) atoms. The van der Waals surface area contributed by atoms with Crippen molar-refractivity contribution < 1.29 is 0 Å². The molecule has 0 aromatic rings. The van der Waals surface area contributed by atoms with Crippen molar-refractivity contribution in [2.75, 3.05) is 25.9 Å². The Kier molecular flexibility index (Phi) is 5.40. The first-order chi connectivity index (χ1) is 8.67. The molecule has 0 radical (unpaired) electrons. The molecular weight excluding hydrogens is 240 g/mol. The van der Waals surface area contributed by atoms with Crippen molar-refractivity contribution in [1.82, 2.24) is 10.2 Å². The van der Waals surface area contributed by atoms with Crippen LogP contribution in [0.5, 0.6) is 0 Å². The third-order valence-corrected chi connectivity index (χ3v) is 6.57. The SMILES string of the molecule is CNC1(CCN2CCSC(C)C2C)CCCCC1. The third-order valence-electron chi connectivity index (χ3n) is 5.23. The van der Waals surface area contributed by atoms with Gasteiger partial charge in [-0.3, -0.25) is 4.90 Å². The van der Waals surface area contributed by atoms with Crippen molar-refractivity contribution >= 4 is 11.8 Å². The second-order valence-electron chi connectivity index (χ2n) is 6.19. The zero-order valence-corrected chi connectivity index (χ0v) is 13.2. The summed E-state index contributed by atoms with van der Waals surface area (Å²) < 4.78 is 0. The molecule has 0 spiro atoms. The second-order valence-corrected chi connectivity index (χ2v) is 7.68. The zero-order chi connectivity index (χ0) is 13.0. The molecule has 0 amide bonds. The maximum Gasteiger partial charge on any atom is 0.0190 e. The van der Waals surface area contributed by atoms with Gasteiger partial charge in [0.1, 0.15) is 0 Å². The zero-order valence-electron chi connectivity index (χ0n) is 12.4. The minimum absolute atomic E-state index is 0.450. The lowest BCUT2D eigenvalue weighted by molar-refractivity contribution is 0.157. The lowest BCUT2D eigenvalue weighted by Crippen LogP contribution is -2.50. The van der Waals surface area contributed by atoms with Gasteiger partial charge in [-0.05, 0) is 33.2 Å². The van der Waals surface area contributed by atoms with Crippen molar-refractivity contribution in [3.63, 3.8) is 0 Å². The molecule has 2 unspecified atom stereocenters. The molecule has 2 nitrogen and oxygen atoms in total. The van der Waals surface area contributed by atoms with Crippen molar-refractivity contribution in [2.24, 2.45) is 0 Å². The van der Waals surface area contributed by atoms with E-state index in [1.807, 2.05) is 0 Å². The molecule has 1 aliphatic heterocycles. The highest BCUT2D eigenvalue weighted by molar-refractivity contribution is 8.00. The molecule has 2 rings (SSSR count). The first-order valence-electron chi connectivity index (χ1n) is 7.71. The third kappa shape index (κ3) is 3.43. The van der Waals surface area contributed by atoms with E-state index in [0.717, 1.165) is 11.3 Å². The summed E-state index contributed by atoms with van der Waals surface area (Å²) >= 11 is 2.14. The number of nitrogens with one attached hydrogen (secondary N) is 1. The van der Waals surface area contributed by atoms with Crippen LogP contribution in [0, 0.1) is 0 Å². The molecule has 0 aromatic heterocycles. The van der Waals surface area contributed by atoms with Crippen molar-refractivity contribution in [3.8, 4) is 0 Å². The second kappa shape index (κ2) is 6.62. The molecule has 1 saturated heterocycles. The number of rotatable bonds is 4. The van der Waals surface area contributed by atoms with Gasteiger partial charge in [-0.25, -0.2) is 0 Å². The summed E-state index contributed by atoms with van der Waals surface area (Å²) in [5, 5.41) is 4.45. The smallest absolute Gasteiger partial charge is 0.0190 e. The van der Waals surface area contributed by atoms with Crippen LogP contribution in [0.2, 0.25) is 0 Å². The molecule has 2 fully saturated rings. The van der Waals surface area contributed by atoms with Gasteiger partial charge in [-0.2, -0.15) is 11.8 Å². The van der Waals surface area contributed by atoms with Gasteiger partial charge in [0.2, 0.25) is 0 Å². The van der Waals surface area contributed by atoms with E-state index >= 15 is 0 Å². The van der Waals surface area contributed by atoms with Gasteiger partial charge in [0.25, 0.3) is 0 Å². The summed E-state index contributed by atoms with van der Waals surface area (Å²) in [4.78, 5) is 2.72. The fraction of sp³-hybridized carbons (Fsp3) is 1.00. The minimum atomic E-state index is 0.450. The maximum absolute atomic E-state index is 3.65. The Morgan fingerprint density at radius 3 is 2.61 bits per heavy atom. The van der Waals surface area contributed by atoms with Gasteiger partial charge >= 0.3 is 0 Å². The minimum Gasteiger partial charge on any atom is -0.314 e. The number of hydrogen-bond acceptors (Lipinski definition) is 3. The van der Waals surface area contributed by atoms with E-state index in [-0.39, 0.29) is 0 Å². The highest BCUT2D eigenvalue weighted by Crippen LogP contribution is 2.32. The number of thioether (sulfide) groups is 1. The van der Waals surface area contributed by atoms with Crippen LogP contribution in [0.3, 0.4) is 0 Å². The molecule has 1 heterocycles. The van der Waals surface area contributed by atoms with Crippen LogP contribution in [0.4, 0.5) is 0 Å². The van der Waals surface area contributed by atoms with Crippen LogP contribution >= 0.6 is 11.8 Å². The number of hydrogen-bond donors (Lipinski definition) is 1. The topological polar surface area (TPSA) is 15.3 Å². The van der Waals surface area contributed by atoms with Crippen molar-refractivity contribution in [3.05, 3.63) is 0 Å². The quantitative estimate of drug-likeness (QED) is 0.845. The molecule has 1 aliphatic carbocycles. The van der Waals surface area contributed by atoms with Crippen molar-refractivity contribution in [1.29, 1.82) is 0 Å². The normalized spacial score (nSPS) is 33.5. The van der Waals surface area contributed by atoms with Gasteiger partial charge in [0, 0.05) is 35.7 Å². The van der Waals surface area contributed by atoms with Crippen LogP contribution in [0.15, 0.2) is 0 Å². The van der Waals surface area contributed by atoms with E-state index in [4.69, 9.17) is 0 Å². The first-order valence-corrected chi connectivity index (χ1v) is 8.76. The summed E-state index contributed by atoms with van der Waals surface area (Å²) in [5.41, 5.74) is 0.450. The first kappa shape index (κ1) is 14.7. The summed E-state index contributed by atoms with van der Waals surface area (Å²) in [6, 6.07) is 0.751. The highest BCUT2D eigenvalue weighted by Gasteiger charge is 2.32. The standard InChI is InChI=1S/C15H30N2S/c1-13-14(2)18-12-11-17(13)10-9-15(16-3)7-5-4-6-8-15/h13-14,16H,4-12H2,1-3H3. The maximum atomic E-state index is 3.65. The van der Waals surface area contributed by atoms with E-state index in [9.17, 15) is 0 Å². The predicted octanol–water partition coefficient (Wildman–Crippen LogP) is 3.12. The van der Waals surface area contributed by atoms with Gasteiger partial charge in [0.05, 0.1) is 0 Å². The van der Waals surface area contributed by atoms with Crippen LogP contribution in [0.1, 0.15) is 52.4 Å². The molecule has 1 saturated carbocycles. The lowest BCUT2D eigenvalue weighted by Gasteiger charge is -2.42. The molecule has 0 bridgehead atoms. The van der Waals surface area contributed by atoms with Crippen LogP contribution in [-0.4, -0.2) is 47.6 Å². The monoisotopic (exact) mass is 270 g/mol. The number of nitrogens with zero attached hydrogens (tertiary/aromatic N) is 1. The van der Waals surface area contributed by atoms with E-state index in [2.05, 4.69) is 42.9 Å². The molecule has 0 aromatic carbocycles. The van der Waals surface area contributed by atoms with E-state index in [1.54, 1.807) is 0 Å². The molecule has 106 valence electrons. The van der Waals surface area contributed by atoms with Crippen molar-refractivity contribution in [2.45, 2.75) is 69.2 Å². The average molecular weight is 270 g/mol. The van der Waals surface area contributed by atoms with Gasteiger partial charge < -0.3 is 5.32 Å². The lowest BCUT2D eigenvalue weighted by atomic mass is 9.79. The van der Waals surface area contributed by atoms with Gasteiger partial charge in [-0.15, -0.1) is 0 Å². The Labute approximate surface area is 117 Å². The largest absolute Gasteiger partial charge is 0.314 e. The fourth-order valence-corrected chi connectivity index (χ4v) is 4.68. The van der Waals surface area contributed by atoms with E-state index in [1.165, 1.54) is 57.4 Å². The van der Waals surface area contributed by atoms with Gasteiger partial charge in [-0.1, -0.05) is 26.2 Å². The van der Waals surface area contributed by atoms with Crippen LogP contribution < -0.4 is 5.32 Å². The Balaban J connectivity index is 1.85. The van der Waals surface area contributed by atoms with Crippen LogP contribution in [0.25, 0.3) is 0 Å². The van der Waals surface area contributed by atoms with E-state index in [0.29, 0.717) is 5.54 Å². The summed E-state index contributed by atoms with van der Waals surface area (Å²) in [5.74, 6) is 1.32.